The van der Waals surface area contributed by atoms with E-state index in [1.165, 1.54) is 0 Å². The minimum absolute atomic E-state index is 0.0362. The van der Waals surface area contributed by atoms with Crippen molar-refractivity contribution < 1.29 is 4.79 Å². The van der Waals surface area contributed by atoms with Crippen molar-refractivity contribution >= 4 is 17.4 Å². The molecular formula is C13H20N4O. The van der Waals surface area contributed by atoms with Crippen LogP contribution in [0.15, 0.2) is 18.3 Å². The molecule has 2 N–H and O–H groups in total. The normalized spacial score (nSPS) is 19.3. The molecule has 1 aliphatic rings. The fraction of sp³-hybridized carbons (Fsp3) is 0.538. The Balaban J connectivity index is 1.94. The lowest BCUT2D eigenvalue weighted by Gasteiger charge is -2.22. The lowest BCUT2D eigenvalue weighted by molar-refractivity contribution is -0.118. The Kier molecular flexibility index (Phi) is 4.15. The summed E-state index contributed by atoms with van der Waals surface area (Å²) < 4.78 is 0. The minimum Gasteiger partial charge on any atom is -0.363 e. The summed E-state index contributed by atoms with van der Waals surface area (Å²) in [6.45, 7) is 0.926. The molecule has 98 valence electrons. The van der Waals surface area contributed by atoms with Crippen LogP contribution in [-0.4, -0.2) is 37.6 Å². The summed E-state index contributed by atoms with van der Waals surface area (Å²) in [5, 5.41) is 6.12. The van der Waals surface area contributed by atoms with Gasteiger partial charge in [-0.25, -0.2) is 4.98 Å². The van der Waals surface area contributed by atoms with Gasteiger partial charge in [-0.3, -0.25) is 4.79 Å². The molecule has 18 heavy (non-hydrogen) atoms. The van der Waals surface area contributed by atoms with Crippen molar-refractivity contribution in [3.8, 4) is 0 Å². The zero-order valence-corrected chi connectivity index (χ0v) is 10.9. The summed E-state index contributed by atoms with van der Waals surface area (Å²) in [7, 11) is 3.87. The van der Waals surface area contributed by atoms with Crippen molar-refractivity contribution in [3.63, 3.8) is 0 Å². The molecule has 0 aromatic carbocycles. The molecule has 1 saturated heterocycles. The maximum Gasteiger partial charge on any atom is 0.241 e. The van der Waals surface area contributed by atoms with Crippen LogP contribution < -0.4 is 15.5 Å². The summed E-state index contributed by atoms with van der Waals surface area (Å²) in [6.07, 6.45) is 4.87. The molecule has 1 aromatic rings. The molecular weight excluding hydrogens is 228 g/mol. The zero-order valence-electron chi connectivity index (χ0n) is 10.9. The van der Waals surface area contributed by atoms with Crippen LogP contribution in [0.1, 0.15) is 19.3 Å². The summed E-state index contributed by atoms with van der Waals surface area (Å²) in [6, 6.07) is 3.71. The molecule has 5 heteroatoms. The molecule has 2 heterocycles. The highest BCUT2D eigenvalue weighted by Crippen LogP contribution is 2.13. The average Bonchev–Trinajstić information content (AvgIpc) is 2.40. The molecule has 0 aliphatic carbocycles. The van der Waals surface area contributed by atoms with Crippen molar-refractivity contribution in [1.82, 2.24) is 10.3 Å². The van der Waals surface area contributed by atoms with Gasteiger partial charge in [-0.1, -0.05) is 6.42 Å². The molecule has 1 amide bonds. The molecule has 1 atom stereocenters. The van der Waals surface area contributed by atoms with Crippen molar-refractivity contribution in [2.24, 2.45) is 0 Å². The number of carbonyl (C=O) groups is 1. The number of amides is 1. The van der Waals surface area contributed by atoms with E-state index in [2.05, 4.69) is 15.6 Å². The molecule has 0 radical (unpaired) electrons. The molecule has 1 unspecified atom stereocenters. The molecule has 5 nitrogen and oxygen atoms in total. The fourth-order valence-corrected chi connectivity index (χ4v) is 2.03. The third kappa shape index (κ3) is 3.20. The standard InChI is InChI=1S/C13H20N4O/c1-17(2)12-7-6-10(9-15-12)16-13(18)11-5-3-4-8-14-11/h6-7,9,11,14H,3-5,8H2,1-2H3,(H,16,18). The predicted molar refractivity (Wildman–Crippen MR) is 72.8 cm³/mol. The second-order valence-electron chi connectivity index (χ2n) is 4.79. The van der Waals surface area contributed by atoms with E-state index in [4.69, 9.17) is 0 Å². The number of pyridine rings is 1. The lowest BCUT2D eigenvalue weighted by atomic mass is 10.0. The highest BCUT2D eigenvalue weighted by molar-refractivity contribution is 5.94. The Morgan fingerprint density at radius 2 is 2.28 bits per heavy atom. The molecule has 1 fully saturated rings. The molecule has 1 aromatic heterocycles. The van der Waals surface area contributed by atoms with Gasteiger partial charge in [0.25, 0.3) is 0 Å². The van der Waals surface area contributed by atoms with Crippen LogP contribution >= 0.6 is 0 Å². The van der Waals surface area contributed by atoms with Gasteiger partial charge in [0.05, 0.1) is 17.9 Å². The van der Waals surface area contributed by atoms with E-state index in [1.807, 2.05) is 31.1 Å². The third-order valence-electron chi connectivity index (χ3n) is 3.10. The first-order valence-corrected chi connectivity index (χ1v) is 6.34. The Morgan fingerprint density at radius 3 is 2.83 bits per heavy atom. The predicted octanol–water partition coefficient (Wildman–Crippen LogP) is 1.23. The molecule has 0 spiro atoms. The second-order valence-corrected chi connectivity index (χ2v) is 4.79. The number of rotatable bonds is 3. The highest BCUT2D eigenvalue weighted by atomic mass is 16.2. The van der Waals surface area contributed by atoms with Crippen LogP contribution in [0, 0.1) is 0 Å². The maximum absolute atomic E-state index is 12.0. The third-order valence-corrected chi connectivity index (χ3v) is 3.10. The van der Waals surface area contributed by atoms with Gasteiger partial charge in [0, 0.05) is 14.1 Å². The van der Waals surface area contributed by atoms with Gasteiger partial charge in [0.1, 0.15) is 5.82 Å². The largest absolute Gasteiger partial charge is 0.363 e. The monoisotopic (exact) mass is 248 g/mol. The van der Waals surface area contributed by atoms with Gasteiger partial charge < -0.3 is 15.5 Å². The summed E-state index contributed by atoms with van der Waals surface area (Å²) in [4.78, 5) is 18.2. The number of nitrogens with one attached hydrogen (secondary N) is 2. The van der Waals surface area contributed by atoms with Gasteiger partial charge in [0.2, 0.25) is 5.91 Å². The van der Waals surface area contributed by atoms with Gasteiger partial charge in [-0.15, -0.1) is 0 Å². The molecule has 1 aliphatic heterocycles. The van der Waals surface area contributed by atoms with Gasteiger partial charge >= 0.3 is 0 Å². The average molecular weight is 248 g/mol. The molecule has 0 saturated carbocycles. The van der Waals surface area contributed by atoms with E-state index in [0.717, 1.165) is 37.3 Å². The van der Waals surface area contributed by atoms with Crippen molar-refractivity contribution in [2.45, 2.75) is 25.3 Å². The van der Waals surface area contributed by atoms with E-state index in [0.29, 0.717) is 0 Å². The highest BCUT2D eigenvalue weighted by Gasteiger charge is 2.20. The van der Waals surface area contributed by atoms with Crippen LogP contribution in [0.5, 0.6) is 0 Å². The second kappa shape index (κ2) is 5.82. The number of carbonyl (C=O) groups excluding carboxylic acids is 1. The van der Waals surface area contributed by atoms with Crippen LogP contribution in [0.2, 0.25) is 0 Å². The van der Waals surface area contributed by atoms with E-state index in [1.54, 1.807) is 6.20 Å². The number of hydrogen-bond donors (Lipinski definition) is 2. The van der Waals surface area contributed by atoms with Gasteiger partial charge in [-0.2, -0.15) is 0 Å². The topological polar surface area (TPSA) is 57.3 Å². The lowest BCUT2D eigenvalue weighted by Crippen LogP contribution is -2.43. The van der Waals surface area contributed by atoms with Crippen molar-refractivity contribution in [3.05, 3.63) is 18.3 Å². The summed E-state index contributed by atoms with van der Waals surface area (Å²) >= 11 is 0. The first kappa shape index (κ1) is 12.8. The Morgan fingerprint density at radius 1 is 1.44 bits per heavy atom. The summed E-state index contributed by atoms with van der Waals surface area (Å²) in [5.74, 6) is 0.915. The first-order valence-electron chi connectivity index (χ1n) is 6.34. The minimum atomic E-state index is -0.0627. The number of nitrogens with zero attached hydrogens (tertiary/aromatic N) is 2. The van der Waals surface area contributed by atoms with Crippen molar-refractivity contribution in [1.29, 1.82) is 0 Å². The zero-order chi connectivity index (χ0) is 13.0. The fourth-order valence-electron chi connectivity index (χ4n) is 2.03. The number of piperidine rings is 1. The number of aromatic nitrogens is 1. The van der Waals surface area contributed by atoms with Gasteiger partial charge in [-0.05, 0) is 31.5 Å². The van der Waals surface area contributed by atoms with E-state index >= 15 is 0 Å². The van der Waals surface area contributed by atoms with Crippen LogP contribution in [-0.2, 0) is 4.79 Å². The van der Waals surface area contributed by atoms with Crippen LogP contribution in [0.3, 0.4) is 0 Å². The Hall–Kier alpha value is -1.62. The first-order chi connectivity index (χ1) is 8.66. The quantitative estimate of drug-likeness (QED) is 0.844. The van der Waals surface area contributed by atoms with Crippen LogP contribution in [0.25, 0.3) is 0 Å². The maximum atomic E-state index is 12.0. The van der Waals surface area contributed by atoms with Crippen molar-refractivity contribution in [2.75, 3.05) is 30.9 Å². The number of anilines is 2. The molecule has 2 rings (SSSR count). The van der Waals surface area contributed by atoms with Gasteiger partial charge in [0.15, 0.2) is 0 Å². The summed E-state index contributed by atoms with van der Waals surface area (Å²) in [5.41, 5.74) is 0.748. The van der Waals surface area contributed by atoms with E-state index in [9.17, 15) is 4.79 Å². The van der Waals surface area contributed by atoms with E-state index < -0.39 is 0 Å². The van der Waals surface area contributed by atoms with Crippen LogP contribution in [0.4, 0.5) is 11.5 Å². The Bertz CT molecular complexity index is 396. The smallest absolute Gasteiger partial charge is 0.241 e. The Labute approximate surface area is 108 Å². The number of hydrogen-bond acceptors (Lipinski definition) is 4. The molecule has 0 bridgehead atoms. The SMILES string of the molecule is CN(C)c1ccc(NC(=O)C2CCCCN2)cn1. The van der Waals surface area contributed by atoms with E-state index in [-0.39, 0.29) is 11.9 Å².